The van der Waals surface area contributed by atoms with Gasteiger partial charge >= 0.3 is 12.0 Å². The molecule has 0 radical (unpaired) electrons. The topological polar surface area (TPSA) is 95.5 Å². The minimum absolute atomic E-state index is 0.250. The lowest BCUT2D eigenvalue weighted by molar-refractivity contribution is -0.138. The normalized spacial score (nSPS) is 10.0. The van der Waals surface area contributed by atoms with Gasteiger partial charge < -0.3 is 10.4 Å². The Kier molecular flexibility index (Phi) is 6.32. The Hall–Kier alpha value is -2.44. The molecule has 1 rings (SSSR count). The number of nitrogens with one attached hydrogen (secondary N) is 2. The Bertz CT molecular complexity index is 546. The van der Waals surface area contributed by atoms with Crippen LogP contribution in [0.15, 0.2) is 18.2 Å². The Labute approximate surface area is 121 Å². The van der Waals surface area contributed by atoms with Crippen molar-refractivity contribution in [2.45, 2.75) is 26.2 Å². The first-order valence-electron chi connectivity index (χ1n) is 6.43. The summed E-state index contributed by atoms with van der Waals surface area (Å²) in [7, 11) is 0. The van der Waals surface area contributed by atoms with Gasteiger partial charge in [-0.25, -0.2) is 9.18 Å². The molecule has 0 aliphatic heterocycles. The summed E-state index contributed by atoms with van der Waals surface area (Å²) in [6.45, 7) is 2.05. The molecule has 0 fully saturated rings. The van der Waals surface area contributed by atoms with Crippen LogP contribution in [0.4, 0.5) is 9.18 Å². The lowest BCUT2D eigenvalue weighted by atomic mass is 10.1. The number of carbonyl (C=O) groups is 3. The highest BCUT2D eigenvalue weighted by atomic mass is 19.1. The molecule has 0 aliphatic rings. The molecule has 0 atom stereocenters. The third-order valence-corrected chi connectivity index (χ3v) is 2.80. The van der Waals surface area contributed by atoms with Crippen molar-refractivity contribution in [2.75, 3.05) is 6.54 Å². The van der Waals surface area contributed by atoms with Crippen LogP contribution in [0, 0.1) is 12.7 Å². The first kappa shape index (κ1) is 16.6. The number of carboxylic acids is 1. The number of carbonyl (C=O) groups excluding carboxylic acids is 2. The van der Waals surface area contributed by atoms with Gasteiger partial charge in [-0.15, -0.1) is 0 Å². The van der Waals surface area contributed by atoms with Gasteiger partial charge in [0.05, 0.1) is 6.42 Å². The van der Waals surface area contributed by atoms with Gasteiger partial charge in [0.2, 0.25) is 5.91 Å². The predicted octanol–water partition coefficient (Wildman–Crippen LogP) is 1.37. The molecular weight excluding hydrogens is 279 g/mol. The molecule has 0 aromatic heterocycles. The average Bonchev–Trinajstić information content (AvgIpc) is 2.39. The van der Waals surface area contributed by atoms with Gasteiger partial charge in [0.1, 0.15) is 5.82 Å². The zero-order valence-corrected chi connectivity index (χ0v) is 11.6. The van der Waals surface area contributed by atoms with Crippen LogP contribution in [-0.2, 0) is 16.0 Å². The number of hydrogen-bond acceptors (Lipinski definition) is 3. The standard InChI is InChI=1S/C14H17FN2O4/c1-9-8-11(15)3-2-10(9)6-7-16-14(21)17-12(18)4-5-13(19)20/h2-3,8H,4-7H2,1H3,(H,19,20)(H2,16,17,18,21). The van der Waals surface area contributed by atoms with E-state index in [0.717, 1.165) is 11.1 Å². The zero-order valence-electron chi connectivity index (χ0n) is 11.6. The number of amides is 3. The second-order valence-corrected chi connectivity index (χ2v) is 4.52. The average molecular weight is 296 g/mol. The van der Waals surface area contributed by atoms with E-state index < -0.39 is 17.9 Å². The highest BCUT2D eigenvalue weighted by Gasteiger charge is 2.09. The van der Waals surface area contributed by atoms with E-state index in [1.54, 1.807) is 13.0 Å². The predicted molar refractivity (Wildman–Crippen MR) is 73.3 cm³/mol. The number of aliphatic carboxylic acids is 1. The highest BCUT2D eigenvalue weighted by molar-refractivity contribution is 5.95. The number of urea groups is 1. The minimum Gasteiger partial charge on any atom is -0.481 e. The minimum atomic E-state index is -1.10. The van der Waals surface area contributed by atoms with Crippen LogP contribution in [0.1, 0.15) is 24.0 Å². The molecule has 0 saturated heterocycles. The lowest BCUT2D eigenvalue weighted by Crippen LogP contribution is -2.40. The SMILES string of the molecule is Cc1cc(F)ccc1CCNC(=O)NC(=O)CCC(=O)O. The van der Waals surface area contributed by atoms with Gasteiger partial charge in [-0.2, -0.15) is 0 Å². The van der Waals surface area contributed by atoms with E-state index in [4.69, 9.17) is 5.11 Å². The van der Waals surface area contributed by atoms with Crippen LogP contribution in [0.25, 0.3) is 0 Å². The number of halogens is 1. The number of benzene rings is 1. The lowest BCUT2D eigenvalue weighted by Gasteiger charge is -2.08. The molecule has 0 saturated carbocycles. The van der Waals surface area contributed by atoms with Crippen molar-refractivity contribution in [2.24, 2.45) is 0 Å². The molecule has 0 spiro atoms. The fourth-order valence-corrected chi connectivity index (χ4v) is 1.70. The third kappa shape index (κ3) is 6.51. The number of imide groups is 1. The molecule has 7 heteroatoms. The Balaban J connectivity index is 2.30. The van der Waals surface area contributed by atoms with Crippen LogP contribution in [0.3, 0.4) is 0 Å². The number of rotatable bonds is 6. The Morgan fingerprint density at radius 2 is 1.95 bits per heavy atom. The molecule has 1 aromatic carbocycles. The molecule has 3 amide bonds. The maximum atomic E-state index is 12.9. The van der Waals surface area contributed by atoms with Crippen molar-refractivity contribution in [1.29, 1.82) is 0 Å². The summed E-state index contributed by atoms with van der Waals surface area (Å²) in [5.41, 5.74) is 1.68. The van der Waals surface area contributed by atoms with E-state index in [-0.39, 0.29) is 25.2 Å². The monoisotopic (exact) mass is 296 g/mol. The maximum absolute atomic E-state index is 12.9. The molecule has 114 valence electrons. The van der Waals surface area contributed by atoms with Crippen molar-refractivity contribution in [1.82, 2.24) is 10.6 Å². The molecule has 6 nitrogen and oxygen atoms in total. The Morgan fingerprint density at radius 3 is 2.57 bits per heavy atom. The molecule has 3 N–H and O–H groups in total. The summed E-state index contributed by atoms with van der Waals surface area (Å²) >= 11 is 0. The van der Waals surface area contributed by atoms with Crippen LogP contribution >= 0.6 is 0 Å². The van der Waals surface area contributed by atoms with Crippen molar-refractivity contribution in [3.63, 3.8) is 0 Å². The number of aryl methyl sites for hydroxylation is 1. The smallest absolute Gasteiger partial charge is 0.321 e. The molecule has 0 bridgehead atoms. The number of carboxylic acid groups (broad SMARTS) is 1. The quantitative estimate of drug-likeness (QED) is 0.738. The molecule has 1 aromatic rings. The van der Waals surface area contributed by atoms with Crippen LogP contribution < -0.4 is 10.6 Å². The van der Waals surface area contributed by atoms with E-state index in [0.29, 0.717) is 6.42 Å². The van der Waals surface area contributed by atoms with Gasteiger partial charge in [-0.1, -0.05) is 6.07 Å². The second kappa shape index (κ2) is 7.98. The van der Waals surface area contributed by atoms with Gasteiger partial charge in [0, 0.05) is 13.0 Å². The second-order valence-electron chi connectivity index (χ2n) is 4.52. The fourth-order valence-electron chi connectivity index (χ4n) is 1.70. The summed E-state index contributed by atoms with van der Waals surface area (Å²) in [4.78, 5) is 32.8. The van der Waals surface area contributed by atoms with E-state index in [1.807, 2.05) is 5.32 Å². The van der Waals surface area contributed by atoms with E-state index >= 15 is 0 Å². The fraction of sp³-hybridized carbons (Fsp3) is 0.357. The van der Waals surface area contributed by atoms with E-state index in [9.17, 15) is 18.8 Å². The van der Waals surface area contributed by atoms with E-state index in [2.05, 4.69) is 5.32 Å². The maximum Gasteiger partial charge on any atom is 0.321 e. The van der Waals surface area contributed by atoms with Crippen molar-refractivity contribution in [3.05, 3.63) is 35.1 Å². The Morgan fingerprint density at radius 1 is 1.24 bits per heavy atom. The molecule has 0 heterocycles. The van der Waals surface area contributed by atoms with Crippen molar-refractivity contribution in [3.8, 4) is 0 Å². The summed E-state index contributed by atoms with van der Waals surface area (Å²) in [6, 6.07) is 3.72. The highest BCUT2D eigenvalue weighted by Crippen LogP contribution is 2.10. The summed E-state index contributed by atoms with van der Waals surface area (Å²) < 4.78 is 12.9. The molecule has 21 heavy (non-hydrogen) atoms. The first-order valence-corrected chi connectivity index (χ1v) is 6.43. The van der Waals surface area contributed by atoms with Crippen LogP contribution in [0.5, 0.6) is 0 Å². The van der Waals surface area contributed by atoms with E-state index in [1.165, 1.54) is 12.1 Å². The van der Waals surface area contributed by atoms with Gasteiger partial charge in [0.15, 0.2) is 0 Å². The van der Waals surface area contributed by atoms with Gasteiger partial charge in [-0.05, 0) is 36.6 Å². The van der Waals surface area contributed by atoms with Gasteiger partial charge in [-0.3, -0.25) is 14.9 Å². The van der Waals surface area contributed by atoms with Gasteiger partial charge in [0.25, 0.3) is 0 Å². The van der Waals surface area contributed by atoms with Crippen molar-refractivity contribution < 1.29 is 23.9 Å². The summed E-state index contributed by atoms with van der Waals surface area (Å²) in [6.07, 6.45) is -0.0729. The molecular formula is C14H17FN2O4. The largest absolute Gasteiger partial charge is 0.481 e. The molecule has 0 aliphatic carbocycles. The van der Waals surface area contributed by atoms with Crippen molar-refractivity contribution >= 4 is 17.9 Å². The number of hydrogen-bond donors (Lipinski definition) is 3. The summed E-state index contributed by atoms with van der Waals surface area (Å²) in [5, 5.41) is 12.9. The zero-order chi connectivity index (χ0) is 15.8. The van der Waals surface area contributed by atoms with Crippen LogP contribution in [-0.4, -0.2) is 29.6 Å². The third-order valence-electron chi connectivity index (χ3n) is 2.80. The summed E-state index contributed by atoms with van der Waals surface area (Å²) in [5.74, 6) is -2.06. The molecule has 0 unspecified atom stereocenters. The van der Waals surface area contributed by atoms with Crippen LogP contribution in [0.2, 0.25) is 0 Å². The first-order chi connectivity index (χ1) is 9.88.